The van der Waals surface area contributed by atoms with Crippen molar-refractivity contribution in [1.82, 2.24) is 5.32 Å². The summed E-state index contributed by atoms with van der Waals surface area (Å²) in [4.78, 5) is 13.7. The zero-order valence-corrected chi connectivity index (χ0v) is 15.3. The Morgan fingerprint density at radius 2 is 2.08 bits per heavy atom. The topological polar surface area (TPSA) is 65.1 Å². The molecule has 0 saturated carbocycles. The number of furan rings is 1. The molecule has 0 saturated heterocycles. The van der Waals surface area contributed by atoms with Crippen LogP contribution in [0.15, 0.2) is 41.0 Å². The van der Waals surface area contributed by atoms with Crippen LogP contribution in [0.2, 0.25) is 0 Å². The van der Waals surface area contributed by atoms with Crippen LogP contribution in [0.4, 0.5) is 0 Å². The summed E-state index contributed by atoms with van der Waals surface area (Å²) >= 11 is 0. The summed E-state index contributed by atoms with van der Waals surface area (Å²) in [6.07, 6.45) is 2.55. The van der Waals surface area contributed by atoms with Crippen LogP contribution in [-0.4, -0.2) is 40.3 Å². The van der Waals surface area contributed by atoms with Crippen LogP contribution >= 0.6 is 0 Å². The van der Waals surface area contributed by atoms with Gasteiger partial charge in [0.25, 0.3) is 5.91 Å². The van der Waals surface area contributed by atoms with E-state index in [1.807, 2.05) is 33.2 Å². The normalized spacial score (nSPS) is 12.0. The number of amides is 1. The van der Waals surface area contributed by atoms with Crippen molar-refractivity contribution in [3.63, 3.8) is 0 Å². The Labute approximate surface area is 148 Å². The number of hydrogen-bond donors (Lipinski definition) is 2. The summed E-state index contributed by atoms with van der Waals surface area (Å²) < 4.78 is 16.4. The van der Waals surface area contributed by atoms with Gasteiger partial charge in [-0.3, -0.25) is 4.79 Å². The summed E-state index contributed by atoms with van der Waals surface area (Å²) in [7, 11) is 5.63. The maximum atomic E-state index is 12.5. The SMILES string of the molecule is CCCOc1ccc(C(=O)NC[C@H](c2ccco2)[NH+](C)C)cc1OC. The van der Waals surface area contributed by atoms with Gasteiger partial charge in [-0.25, -0.2) is 0 Å². The summed E-state index contributed by atoms with van der Waals surface area (Å²) in [5.74, 6) is 1.90. The van der Waals surface area contributed by atoms with E-state index in [9.17, 15) is 4.79 Å². The molecule has 0 fully saturated rings. The molecular formula is C19H27N2O4+. The van der Waals surface area contributed by atoms with Gasteiger partial charge in [0.15, 0.2) is 23.3 Å². The largest absolute Gasteiger partial charge is 0.493 e. The molecule has 0 aliphatic carbocycles. The number of ether oxygens (including phenoxy) is 2. The van der Waals surface area contributed by atoms with E-state index in [0.29, 0.717) is 30.2 Å². The molecule has 1 amide bonds. The Bertz CT molecular complexity index is 668. The van der Waals surface area contributed by atoms with Gasteiger partial charge in [0.2, 0.25) is 0 Å². The van der Waals surface area contributed by atoms with Crippen LogP contribution in [0.25, 0.3) is 0 Å². The van der Waals surface area contributed by atoms with Gasteiger partial charge in [0.1, 0.15) is 0 Å². The average Bonchev–Trinajstić information content (AvgIpc) is 3.13. The first-order valence-corrected chi connectivity index (χ1v) is 8.49. The molecule has 2 N–H and O–H groups in total. The fourth-order valence-corrected chi connectivity index (χ4v) is 2.52. The fraction of sp³-hybridized carbons (Fsp3) is 0.421. The number of carbonyl (C=O) groups excluding carboxylic acids is 1. The highest BCUT2D eigenvalue weighted by molar-refractivity contribution is 5.94. The zero-order chi connectivity index (χ0) is 18.2. The van der Waals surface area contributed by atoms with E-state index >= 15 is 0 Å². The highest BCUT2D eigenvalue weighted by Crippen LogP contribution is 2.28. The molecule has 6 nitrogen and oxygen atoms in total. The Morgan fingerprint density at radius 3 is 2.68 bits per heavy atom. The van der Waals surface area contributed by atoms with Crippen molar-refractivity contribution in [2.75, 3.05) is 34.4 Å². The van der Waals surface area contributed by atoms with Gasteiger partial charge >= 0.3 is 0 Å². The molecule has 0 bridgehead atoms. The summed E-state index contributed by atoms with van der Waals surface area (Å²) in [6, 6.07) is 9.04. The average molecular weight is 347 g/mol. The summed E-state index contributed by atoms with van der Waals surface area (Å²) in [5, 5.41) is 2.97. The summed E-state index contributed by atoms with van der Waals surface area (Å²) in [5.41, 5.74) is 0.535. The minimum absolute atomic E-state index is 0.0491. The van der Waals surface area contributed by atoms with Gasteiger partial charge < -0.3 is 24.1 Å². The zero-order valence-electron chi connectivity index (χ0n) is 15.3. The van der Waals surface area contributed by atoms with Crippen LogP contribution in [0.1, 0.15) is 35.5 Å². The second-order valence-corrected chi connectivity index (χ2v) is 6.07. The van der Waals surface area contributed by atoms with Crippen molar-refractivity contribution < 1.29 is 23.6 Å². The van der Waals surface area contributed by atoms with Crippen LogP contribution in [0.3, 0.4) is 0 Å². The molecule has 1 aromatic carbocycles. The number of rotatable bonds is 9. The van der Waals surface area contributed by atoms with E-state index in [4.69, 9.17) is 13.9 Å². The summed E-state index contributed by atoms with van der Waals surface area (Å²) in [6.45, 7) is 3.12. The maximum Gasteiger partial charge on any atom is 0.251 e. The molecule has 0 spiro atoms. The van der Waals surface area contributed by atoms with E-state index in [2.05, 4.69) is 5.32 Å². The first-order valence-electron chi connectivity index (χ1n) is 8.49. The van der Waals surface area contributed by atoms with Gasteiger partial charge in [-0.1, -0.05) is 6.92 Å². The number of quaternary nitrogens is 1. The highest BCUT2D eigenvalue weighted by atomic mass is 16.5. The predicted molar refractivity (Wildman–Crippen MR) is 95.4 cm³/mol. The minimum Gasteiger partial charge on any atom is -0.493 e. The molecule has 0 aliphatic rings. The van der Waals surface area contributed by atoms with E-state index in [-0.39, 0.29) is 11.9 Å². The van der Waals surface area contributed by atoms with Gasteiger partial charge in [0.05, 0.1) is 40.6 Å². The lowest BCUT2D eigenvalue weighted by Gasteiger charge is -2.20. The van der Waals surface area contributed by atoms with Crippen molar-refractivity contribution >= 4 is 5.91 Å². The van der Waals surface area contributed by atoms with Crippen LogP contribution in [-0.2, 0) is 0 Å². The number of carbonyl (C=O) groups is 1. The third-order valence-electron chi connectivity index (χ3n) is 3.94. The first-order chi connectivity index (χ1) is 12.1. The molecule has 0 unspecified atom stereocenters. The molecule has 2 rings (SSSR count). The van der Waals surface area contributed by atoms with E-state index in [1.54, 1.807) is 31.6 Å². The van der Waals surface area contributed by atoms with Crippen molar-refractivity contribution in [2.24, 2.45) is 0 Å². The molecule has 25 heavy (non-hydrogen) atoms. The van der Waals surface area contributed by atoms with Crippen molar-refractivity contribution in [2.45, 2.75) is 19.4 Å². The number of likely N-dealkylation sites (N-methyl/N-ethyl adjacent to an activating group) is 1. The Balaban J connectivity index is 2.04. The lowest BCUT2D eigenvalue weighted by molar-refractivity contribution is -0.891. The molecule has 0 radical (unpaired) electrons. The smallest absolute Gasteiger partial charge is 0.251 e. The Morgan fingerprint density at radius 1 is 1.28 bits per heavy atom. The van der Waals surface area contributed by atoms with Gasteiger partial charge in [-0.05, 0) is 36.8 Å². The number of methoxy groups -OCH3 is 1. The maximum absolute atomic E-state index is 12.5. The molecule has 6 heteroatoms. The van der Waals surface area contributed by atoms with E-state index in [0.717, 1.165) is 12.2 Å². The monoisotopic (exact) mass is 347 g/mol. The Kier molecular flexibility index (Phi) is 6.89. The van der Waals surface area contributed by atoms with Gasteiger partial charge in [-0.15, -0.1) is 0 Å². The Hall–Kier alpha value is -2.47. The molecule has 1 atom stereocenters. The van der Waals surface area contributed by atoms with Crippen LogP contribution in [0, 0.1) is 0 Å². The van der Waals surface area contributed by atoms with Crippen molar-refractivity contribution in [3.05, 3.63) is 47.9 Å². The number of nitrogens with one attached hydrogen (secondary N) is 2. The fourth-order valence-electron chi connectivity index (χ4n) is 2.52. The first kappa shape index (κ1) is 18.9. The molecule has 1 heterocycles. The third-order valence-corrected chi connectivity index (χ3v) is 3.94. The molecule has 0 aliphatic heterocycles. The van der Waals surface area contributed by atoms with E-state index < -0.39 is 0 Å². The minimum atomic E-state index is -0.154. The van der Waals surface area contributed by atoms with Crippen molar-refractivity contribution in [3.8, 4) is 11.5 Å². The van der Waals surface area contributed by atoms with Crippen LogP contribution < -0.4 is 19.7 Å². The number of benzene rings is 1. The van der Waals surface area contributed by atoms with E-state index in [1.165, 1.54) is 4.90 Å². The van der Waals surface area contributed by atoms with Gasteiger partial charge in [0, 0.05) is 5.56 Å². The quantitative estimate of drug-likeness (QED) is 0.725. The molecule has 136 valence electrons. The second-order valence-electron chi connectivity index (χ2n) is 6.07. The second kappa shape index (κ2) is 9.13. The standard InChI is InChI=1S/C19H26N2O4/c1-5-10-24-17-9-8-14(12-18(17)23-4)19(22)20-13-15(21(2)3)16-7-6-11-25-16/h6-9,11-12,15H,5,10,13H2,1-4H3,(H,20,22)/p+1/t15-/m1/s1. The molecule has 2 aromatic rings. The molecular weight excluding hydrogens is 320 g/mol. The lowest BCUT2D eigenvalue weighted by atomic mass is 10.1. The highest BCUT2D eigenvalue weighted by Gasteiger charge is 2.22. The predicted octanol–water partition coefficient (Wildman–Crippen LogP) is 1.69. The van der Waals surface area contributed by atoms with Gasteiger partial charge in [-0.2, -0.15) is 0 Å². The van der Waals surface area contributed by atoms with Crippen LogP contribution in [0.5, 0.6) is 11.5 Å². The lowest BCUT2D eigenvalue weighted by Crippen LogP contribution is -3.07. The number of hydrogen-bond acceptors (Lipinski definition) is 4. The molecule has 1 aromatic heterocycles. The van der Waals surface area contributed by atoms with Crippen molar-refractivity contribution in [1.29, 1.82) is 0 Å². The third kappa shape index (κ3) is 5.00.